The third kappa shape index (κ3) is 4.42. The lowest BCUT2D eigenvalue weighted by Crippen LogP contribution is -2.31. The van der Waals surface area contributed by atoms with Gasteiger partial charge in [-0.25, -0.2) is 8.42 Å². The van der Waals surface area contributed by atoms with Crippen LogP contribution in [0.4, 0.5) is 11.4 Å². The van der Waals surface area contributed by atoms with Crippen molar-refractivity contribution < 1.29 is 17.9 Å². The normalized spacial score (nSPS) is 11.0. The molecule has 30 heavy (non-hydrogen) atoms. The topological polar surface area (TPSA) is 75.7 Å². The molecular weight excluding hydrogens is 424 g/mol. The molecule has 3 rings (SSSR count). The maximum Gasteiger partial charge on any atom is 0.265 e. The Morgan fingerprint density at radius 1 is 1.03 bits per heavy atom. The number of carbonyl (C=O) groups excluding carboxylic acids is 1. The lowest BCUT2D eigenvalue weighted by molar-refractivity contribution is 0.102. The third-order valence-corrected chi connectivity index (χ3v) is 6.82. The number of hydrogen-bond acceptors (Lipinski definition) is 4. The molecule has 0 fully saturated rings. The summed E-state index contributed by atoms with van der Waals surface area (Å²) in [6.07, 6.45) is 0. The number of carbonyl (C=O) groups is 1. The second-order valence-electron chi connectivity index (χ2n) is 6.30. The Bertz CT molecular complexity index is 1150. The number of methoxy groups -OCH3 is 1. The minimum Gasteiger partial charge on any atom is -0.496 e. The quantitative estimate of drug-likeness (QED) is 0.567. The van der Waals surface area contributed by atoms with Crippen molar-refractivity contribution >= 4 is 38.9 Å². The van der Waals surface area contributed by atoms with E-state index in [4.69, 9.17) is 16.3 Å². The molecule has 1 N–H and O–H groups in total. The molecule has 3 aromatic carbocycles. The molecule has 0 saturated carbocycles. The summed E-state index contributed by atoms with van der Waals surface area (Å²) >= 11 is 6.23. The van der Waals surface area contributed by atoms with Crippen LogP contribution in [0.2, 0.25) is 5.02 Å². The average Bonchev–Trinajstić information content (AvgIpc) is 2.76. The van der Waals surface area contributed by atoms with Crippen LogP contribution in [0.25, 0.3) is 0 Å². The van der Waals surface area contributed by atoms with Crippen molar-refractivity contribution in [1.82, 2.24) is 0 Å². The lowest BCUT2D eigenvalue weighted by atomic mass is 10.2. The Hall–Kier alpha value is -3.03. The summed E-state index contributed by atoms with van der Waals surface area (Å²) in [4.78, 5) is 12.6. The Labute approximate surface area is 181 Å². The van der Waals surface area contributed by atoms with E-state index < -0.39 is 15.9 Å². The van der Waals surface area contributed by atoms with Gasteiger partial charge in [0.2, 0.25) is 0 Å². The molecule has 0 bridgehead atoms. The zero-order valence-electron chi connectivity index (χ0n) is 16.5. The van der Waals surface area contributed by atoms with Crippen LogP contribution < -0.4 is 14.4 Å². The van der Waals surface area contributed by atoms with Gasteiger partial charge in [0.05, 0.1) is 23.4 Å². The molecule has 0 unspecified atom stereocenters. The fraction of sp³-hybridized carbons (Fsp3) is 0.136. The molecule has 1 amide bonds. The fourth-order valence-electron chi connectivity index (χ4n) is 3.01. The Balaban J connectivity index is 1.96. The maximum absolute atomic E-state index is 13.3. The van der Waals surface area contributed by atoms with Crippen LogP contribution in [0.3, 0.4) is 0 Å². The Kier molecular flexibility index (Phi) is 6.64. The molecule has 0 saturated heterocycles. The van der Waals surface area contributed by atoms with Gasteiger partial charge in [-0.2, -0.15) is 0 Å². The van der Waals surface area contributed by atoms with E-state index in [1.165, 1.54) is 23.5 Å². The van der Waals surface area contributed by atoms with Crippen LogP contribution in [0.5, 0.6) is 5.75 Å². The van der Waals surface area contributed by atoms with Gasteiger partial charge in [-0.15, -0.1) is 0 Å². The van der Waals surface area contributed by atoms with Gasteiger partial charge in [0.15, 0.2) is 0 Å². The summed E-state index contributed by atoms with van der Waals surface area (Å²) in [5, 5.41) is 2.78. The number of benzene rings is 3. The molecule has 0 aliphatic rings. The summed E-state index contributed by atoms with van der Waals surface area (Å²) < 4.78 is 33.1. The number of halogens is 1. The molecule has 0 heterocycles. The second-order valence-corrected chi connectivity index (χ2v) is 8.54. The van der Waals surface area contributed by atoms with Crippen LogP contribution >= 0.6 is 11.6 Å². The average molecular weight is 445 g/mol. The zero-order valence-corrected chi connectivity index (χ0v) is 18.1. The summed E-state index contributed by atoms with van der Waals surface area (Å²) in [7, 11) is -2.47. The summed E-state index contributed by atoms with van der Waals surface area (Å²) in [6.45, 7) is 1.96. The molecule has 6 nitrogen and oxygen atoms in total. The van der Waals surface area contributed by atoms with E-state index in [9.17, 15) is 13.2 Å². The SMILES string of the molecule is CCN(c1ccccc1)S(=O)(=O)c1cc(NC(=O)c2ccccc2OC)ccc1Cl. The molecule has 0 radical (unpaired) electrons. The number of rotatable bonds is 7. The van der Waals surface area contributed by atoms with Gasteiger partial charge in [-0.3, -0.25) is 9.10 Å². The number of hydrogen-bond donors (Lipinski definition) is 1. The van der Waals surface area contributed by atoms with Crippen LogP contribution in [0.1, 0.15) is 17.3 Å². The molecule has 8 heteroatoms. The molecular formula is C22H21ClN2O4S. The van der Waals surface area contributed by atoms with Gasteiger partial charge in [0.1, 0.15) is 10.6 Å². The minimum atomic E-state index is -3.95. The molecule has 0 atom stereocenters. The smallest absolute Gasteiger partial charge is 0.265 e. The van der Waals surface area contributed by atoms with Crippen molar-refractivity contribution in [2.24, 2.45) is 0 Å². The van der Waals surface area contributed by atoms with E-state index in [0.717, 1.165) is 0 Å². The molecule has 3 aromatic rings. The minimum absolute atomic E-state index is 0.0691. The number of amides is 1. The van der Waals surface area contributed by atoms with E-state index in [2.05, 4.69) is 5.32 Å². The second kappa shape index (κ2) is 9.19. The first-order valence-electron chi connectivity index (χ1n) is 9.20. The highest BCUT2D eigenvalue weighted by Crippen LogP contribution is 2.31. The van der Waals surface area contributed by atoms with E-state index >= 15 is 0 Å². The van der Waals surface area contributed by atoms with E-state index in [1.807, 2.05) is 6.07 Å². The predicted molar refractivity (Wildman–Crippen MR) is 119 cm³/mol. The van der Waals surface area contributed by atoms with Gasteiger partial charge in [-0.1, -0.05) is 41.9 Å². The summed E-state index contributed by atoms with van der Waals surface area (Å²) in [6, 6.07) is 19.9. The van der Waals surface area contributed by atoms with E-state index in [0.29, 0.717) is 22.7 Å². The first-order chi connectivity index (χ1) is 14.4. The van der Waals surface area contributed by atoms with Crippen molar-refractivity contribution in [2.75, 3.05) is 23.3 Å². The molecule has 0 aliphatic carbocycles. The predicted octanol–water partition coefficient (Wildman–Crippen LogP) is 4.82. The molecule has 0 aliphatic heterocycles. The summed E-state index contributed by atoms with van der Waals surface area (Å²) in [5.74, 6) is -0.00780. The Morgan fingerprint density at radius 2 is 1.70 bits per heavy atom. The highest BCUT2D eigenvalue weighted by atomic mass is 35.5. The number of anilines is 2. The number of sulfonamides is 1. The van der Waals surface area contributed by atoms with Crippen LogP contribution in [-0.4, -0.2) is 28.0 Å². The van der Waals surface area contributed by atoms with Gasteiger partial charge in [0.25, 0.3) is 15.9 Å². The number of ether oxygens (including phenoxy) is 1. The number of nitrogens with one attached hydrogen (secondary N) is 1. The van der Waals surface area contributed by atoms with Crippen LogP contribution in [-0.2, 0) is 10.0 Å². The number of para-hydroxylation sites is 2. The first-order valence-corrected chi connectivity index (χ1v) is 11.0. The lowest BCUT2D eigenvalue weighted by Gasteiger charge is -2.23. The highest BCUT2D eigenvalue weighted by molar-refractivity contribution is 7.93. The van der Waals surface area contributed by atoms with Crippen molar-refractivity contribution in [1.29, 1.82) is 0 Å². The third-order valence-electron chi connectivity index (χ3n) is 4.44. The molecule has 0 aromatic heterocycles. The van der Waals surface area contributed by atoms with E-state index in [-0.39, 0.29) is 16.5 Å². The van der Waals surface area contributed by atoms with Crippen molar-refractivity contribution in [3.05, 3.63) is 83.4 Å². The fourth-order valence-corrected chi connectivity index (χ4v) is 4.99. The molecule has 156 valence electrons. The maximum atomic E-state index is 13.3. The van der Waals surface area contributed by atoms with E-state index in [1.54, 1.807) is 61.5 Å². The van der Waals surface area contributed by atoms with Crippen molar-refractivity contribution in [3.8, 4) is 5.75 Å². The number of nitrogens with zero attached hydrogens (tertiary/aromatic N) is 1. The largest absolute Gasteiger partial charge is 0.496 e. The van der Waals surface area contributed by atoms with Gasteiger partial charge in [-0.05, 0) is 49.4 Å². The Morgan fingerprint density at radius 3 is 2.37 bits per heavy atom. The monoisotopic (exact) mass is 444 g/mol. The van der Waals surface area contributed by atoms with Gasteiger partial charge in [0, 0.05) is 12.2 Å². The van der Waals surface area contributed by atoms with Gasteiger partial charge < -0.3 is 10.1 Å². The zero-order chi connectivity index (χ0) is 21.7. The summed E-state index contributed by atoms with van der Waals surface area (Å²) in [5.41, 5.74) is 1.16. The first kappa shape index (κ1) is 21.7. The van der Waals surface area contributed by atoms with Gasteiger partial charge >= 0.3 is 0 Å². The van der Waals surface area contributed by atoms with Crippen molar-refractivity contribution in [3.63, 3.8) is 0 Å². The molecule has 0 spiro atoms. The standard InChI is InChI=1S/C22H21ClN2O4S/c1-3-25(17-9-5-4-6-10-17)30(27,28)21-15-16(13-14-19(21)23)24-22(26)18-11-7-8-12-20(18)29-2/h4-15H,3H2,1-2H3,(H,24,26). The van der Waals surface area contributed by atoms with Crippen LogP contribution in [0, 0.1) is 0 Å². The van der Waals surface area contributed by atoms with Crippen LogP contribution in [0.15, 0.2) is 77.7 Å². The highest BCUT2D eigenvalue weighted by Gasteiger charge is 2.26. The van der Waals surface area contributed by atoms with Crippen molar-refractivity contribution in [2.45, 2.75) is 11.8 Å².